The van der Waals surface area contributed by atoms with E-state index in [1.54, 1.807) is 10.9 Å². The number of aromatic nitrogens is 3. The number of ether oxygens (including phenoxy) is 1. The number of hydrogen-bond donors (Lipinski definition) is 1. The van der Waals surface area contributed by atoms with E-state index in [-0.39, 0.29) is 6.03 Å². The highest BCUT2D eigenvalue weighted by molar-refractivity contribution is 5.92. The predicted molar refractivity (Wildman–Crippen MR) is 90.9 cm³/mol. The van der Waals surface area contributed by atoms with Gasteiger partial charge in [0, 0.05) is 37.5 Å². The molecule has 3 heterocycles. The number of amides is 2. The maximum Gasteiger partial charge on any atom is 0.322 e. The van der Waals surface area contributed by atoms with Crippen LogP contribution in [0.5, 0.6) is 0 Å². The molecule has 0 radical (unpaired) electrons. The van der Waals surface area contributed by atoms with Crippen LogP contribution in [0.3, 0.4) is 0 Å². The van der Waals surface area contributed by atoms with Crippen LogP contribution in [0, 0.1) is 12.8 Å². The molecule has 1 aliphatic carbocycles. The fraction of sp³-hybridized carbons (Fsp3) is 0.588. The highest BCUT2D eigenvalue weighted by Gasteiger charge is 2.35. The summed E-state index contributed by atoms with van der Waals surface area (Å²) in [6, 6.07) is 2.29. The SMILES string of the molecule is Cc1nn(C)c2ncc(NC(=O)N(C[C@@H]3CCOC3)C3CC3)cc12. The first-order chi connectivity index (χ1) is 11.6. The Bertz CT molecular complexity index is 762. The first kappa shape index (κ1) is 15.4. The highest BCUT2D eigenvalue weighted by atomic mass is 16.5. The van der Waals surface area contributed by atoms with Gasteiger partial charge in [-0.3, -0.25) is 4.68 Å². The van der Waals surface area contributed by atoms with E-state index < -0.39 is 0 Å². The Morgan fingerprint density at radius 1 is 1.46 bits per heavy atom. The molecular formula is C17H23N5O2. The van der Waals surface area contributed by atoms with Gasteiger partial charge in [0.1, 0.15) is 0 Å². The van der Waals surface area contributed by atoms with E-state index in [0.717, 1.165) is 61.4 Å². The molecule has 4 rings (SSSR count). The van der Waals surface area contributed by atoms with Gasteiger partial charge in [0.25, 0.3) is 0 Å². The molecule has 1 saturated heterocycles. The molecule has 7 heteroatoms. The number of carbonyl (C=O) groups excluding carboxylic acids is 1. The average Bonchev–Trinajstić information content (AvgIpc) is 3.19. The molecule has 1 aliphatic heterocycles. The van der Waals surface area contributed by atoms with Crippen molar-refractivity contribution < 1.29 is 9.53 Å². The molecule has 2 fully saturated rings. The monoisotopic (exact) mass is 329 g/mol. The molecule has 0 unspecified atom stereocenters. The van der Waals surface area contributed by atoms with Crippen LogP contribution in [-0.4, -0.2) is 51.5 Å². The lowest BCUT2D eigenvalue weighted by molar-refractivity contribution is 0.167. The summed E-state index contributed by atoms with van der Waals surface area (Å²) in [6.45, 7) is 4.30. The van der Waals surface area contributed by atoms with Crippen molar-refractivity contribution >= 4 is 22.8 Å². The number of aryl methyl sites for hydroxylation is 2. The molecule has 0 bridgehead atoms. The van der Waals surface area contributed by atoms with Gasteiger partial charge in [-0.25, -0.2) is 9.78 Å². The number of carbonyl (C=O) groups is 1. The van der Waals surface area contributed by atoms with Crippen LogP contribution in [0.25, 0.3) is 11.0 Å². The fourth-order valence-electron chi connectivity index (χ4n) is 3.36. The zero-order valence-corrected chi connectivity index (χ0v) is 14.2. The second-order valence-electron chi connectivity index (χ2n) is 6.85. The Kier molecular flexibility index (Phi) is 3.88. The Hall–Kier alpha value is -2.15. The van der Waals surface area contributed by atoms with Gasteiger partial charge in [-0.1, -0.05) is 0 Å². The lowest BCUT2D eigenvalue weighted by Crippen LogP contribution is -2.40. The Labute approximate surface area is 141 Å². The number of urea groups is 1. The normalized spacial score (nSPS) is 20.5. The summed E-state index contributed by atoms with van der Waals surface area (Å²) in [4.78, 5) is 19.1. The second kappa shape index (κ2) is 6.05. The Morgan fingerprint density at radius 3 is 3.00 bits per heavy atom. The van der Waals surface area contributed by atoms with Crippen LogP contribution in [0.1, 0.15) is 25.0 Å². The third-order valence-electron chi connectivity index (χ3n) is 4.84. The van der Waals surface area contributed by atoms with Crippen LogP contribution in [0.4, 0.5) is 10.5 Å². The number of rotatable bonds is 4. The van der Waals surface area contributed by atoms with E-state index in [9.17, 15) is 4.79 Å². The molecule has 2 amide bonds. The van der Waals surface area contributed by atoms with Gasteiger partial charge in [-0.2, -0.15) is 5.10 Å². The third kappa shape index (κ3) is 2.96. The summed E-state index contributed by atoms with van der Waals surface area (Å²) in [5.41, 5.74) is 2.46. The zero-order valence-electron chi connectivity index (χ0n) is 14.2. The van der Waals surface area contributed by atoms with Crippen LogP contribution in [0.2, 0.25) is 0 Å². The van der Waals surface area contributed by atoms with Crippen molar-refractivity contribution in [3.8, 4) is 0 Å². The van der Waals surface area contributed by atoms with Crippen LogP contribution in [0.15, 0.2) is 12.3 Å². The van der Waals surface area contributed by atoms with E-state index in [1.165, 1.54) is 0 Å². The minimum Gasteiger partial charge on any atom is -0.381 e. The molecular weight excluding hydrogens is 306 g/mol. The number of pyridine rings is 1. The molecule has 2 aromatic rings. The smallest absolute Gasteiger partial charge is 0.322 e. The van der Waals surface area contributed by atoms with Gasteiger partial charge in [0.2, 0.25) is 0 Å². The van der Waals surface area contributed by atoms with Crippen LogP contribution in [-0.2, 0) is 11.8 Å². The average molecular weight is 329 g/mol. The molecule has 1 N–H and O–H groups in total. The van der Waals surface area contributed by atoms with Crippen molar-refractivity contribution in [1.29, 1.82) is 0 Å². The largest absolute Gasteiger partial charge is 0.381 e. The van der Waals surface area contributed by atoms with E-state index in [0.29, 0.717) is 12.0 Å². The highest BCUT2D eigenvalue weighted by Crippen LogP contribution is 2.30. The van der Waals surface area contributed by atoms with Gasteiger partial charge in [-0.05, 0) is 32.3 Å². The van der Waals surface area contributed by atoms with Crippen molar-refractivity contribution in [3.05, 3.63) is 18.0 Å². The zero-order chi connectivity index (χ0) is 16.7. The number of nitrogens with zero attached hydrogens (tertiary/aromatic N) is 4. The summed E-state index contributed by atoms with van der Waals surface area (Å²) in [6.07, 6.45) is 4.93. The minimum atomic E-state index is -0.0351. The van der Waals surface area contributed by atoms with Crippen molar-refractivity contribution in [3.63, 3.8) is 0 Å². The Balaban J connectivity index is 1.50. The number of anilines is 1. The first-order valence-corrected chi connectivity index (χ1v) is 8.56. The van der Waals surface area contributed by atoms with Crippen molar-refractivity contribution in [2.24, 2.45) is 13.0 Å². The summed E-state index contributed by atoms with van der Waals surface area (Å²) in [5.74, 6) is 0.456. The molecule has 2 aromatic heterocycles. The maximum atomic E-state index is 12.7. The second-order valence-corrected chi connectivity index (χ2v) is 6.85. The molecule has 2 aliphatic rings. The van der Waals surface area contributed by atoms with Crippen molar-refractivity contribution in [2.45, 2.75) is 32.2 Å². The summed E-state index contributed by atoms with van der Waals surface area (Å²) in [5, 5.41) is 8.35. The maximum absolute atomic E-state index is 12.7. The van der Waals surface area contributed by atoms with Gasteiger partial charge in [0.15, 0.2) is 5.65 Å². The fourth-order valence-corrected chi connectivity index (χ4v) is 3.36. The molecule has 24 heavy (non-hydrogen) atoms. The number of nitrogens with one attached hydrogen (secondary N) is 1. The van der Waals surface area contributed by atoms with Crippen LogP contribution < -0.4 is 5.32 Å². The molecule has 7 nitrogen and oxygen atoms in total. The first-order valence-electron chi connectivity index (χ1n) is 8.56. The lowest BCUT2D eigenvalue weighted by Gasteiger charge is -2.25. The molecule has 128 valence electrons. The third-order valence-corrected chi connectivity index (χ3v) is 4.84. The van der Waals surface area contributed by atoms with Gasteiger partial charge >= 0.3 is 6.03 Å². The van der Waals surface area contributed by atoms with Crippen molar-refractivity contribution in [1.82, 2.24) is 19.7 Å². The van der Waals surface area contributed by atoms with E-state index in [2.05, 4.69) is 15.4 Å². The van der Waals surface area contributed by atoms with Crippen molar-refractivity contribution in [2.75, 3.05) is 25.1 Å². The molecule has 0 aromatic carbocycles. The summed E-state index contributed by atoms with van der Waals surface area (Å²) < 4.78 is 7.20. The molecule has 0 spiro atoms. The minimum absolute atomic E-state index is 0.0351. The van der Waals surface area contributed by atoms with E-state index >= 15 is 0 Å². The van der Waals surface area contributed by atoms with Gasteiger partial charge in [0.05, 0.1) is 24.2 Å². The van der Waals surface area contributed by atoms with Gasteiger partial charge in [-0.15, -0.1) is 0 Å². The number of hydrogen-bond acceptors (Lipinski definition) is 4. The van der Waals surface area contributed by atoms with E-state index in [1.807, 2.05) is 24.9 Å². The summed E-state index contributed by atoms with van der Waals surface area (Å²) >= 11 is 0. The lowest BCUT2D eigenvalue weighted by atomic mass is 10.1. The summed E-state index contributed by atoms with van der Waals surface area (Å²) in [7, 11) is 1.87. The topological polar surface area (TPSA) is 72.3 Å². The van der Waals surface area contributed by atoms with E-state index in [4.69, 9.17) is 4.74 Å². The Morgan fingerprint density at radius 2 is 2.29 bits per heavy atom. The predicted octanol–water partition coefficient (Wildman–Crippen LogP) is 2.31. The molecule has 1 saturated carbocycles. The number of fused-ring (bicyclic) bond motifs is 1. The molecule has 1 atom stereocenters. The van der Waals surface area contributed by atoms with Crippen LogP contribution >= 0.6 is 0 Å². The quantitative estimate of drug-likeness (QED) is 0.934. The van der Waals surface area contributed by atoms with Gasteiger partial charge < -0.3 is 15.0 Å². The standard InChI is InChI=1S/C17H23N5O2/c1-11-15-7-13(8-18-16(15)21(2)20-11)19-17(23)22(14-3-4-14)9-12-5-6-24-10-12/h7-8,12,14H,3-6,9-10H2,1-2H3,(H,19,23)/t12-/m0/s1.